The van der Waals surface area contributed by atoms with Crippen molar-refractivity contribution in [1.29, 1.82) is 0 Å². The van der Waals surface area contributed by atoms with Crippen LogP contribution < -0.4 is 0 Å². The number of methoxy groups -OCH3 is 1. The smallest absolute Gasteiger partial charge is 0.0820 e. The van der Waals surface area contributed by atoms with E-state index in [4.69, 9.17) is 4.74 Å². The summed E-state index contributed by atoms with van der Waals surface area (Å²) in [5, 5.41) is 10.4. The third kappa shape index (κ3) is 2.53. The molecule has 0 bridgehead atoms. The van der Waals surface area contributed by atoms with Gasteiger partial charge in [-0.25, -0.2) is 0 Å². The summed E-state index contributed by atoms with van der Waals surface area (Å²) in [5.74, 6) is 0. The van der Waals surface area contributed by atoms with E-state index >= 15 is 0 Å². The monoisotopic (exact) mass is 234 g/mol. The minimum Gasteiger partial charge on any atom is -0.388 e. The van der Waals surface area contributed by atoms with Crippen molar-refractivity contribution in [2.45, 2.75) is 51.2 Å². The molecular weight excluding hydrogens is 212 g/mol. The van der Waals surface area contributed by atoms with Crippen molar-refractivity contribution in [2.24, 2.45) is 0 Å². The van der Waals surface area contributed by atoms with E-state index in [2.05, 4.69) is 32.0 Å². The van der Waals surface area contributed by atoms with Crippen molar-refractivity contribution >= 4 is 0 Å². The van der Waals surface area contributed by atoms with Crippen molar-refractivity contribution in [3.05, 3.63) is 34.9 Å². The maximum atomic E-state index is 10.4. The molecule has 94 valence electrons. The minimum atomic E-state index is -0.407. The predicted octanol–water partition coefficient (Wildman–Crippen LogP) is 3.30. The Balaban J connectivity index is 2.13. The summed E-state index contributed by atoms with van der Waals surface area (Å²) in [6.07, 6.45) is 3.67. The Bertz CT molecular complexity index is 388. The molecule has 1 aromatic carbocycles. The van der Waals surface area contributed by atoms with Crippen LogP contribution in [0.5, 0.6) is 0 Å². The van der Waals surface area contributed by atoms with Gasteiger partial charge in [0.1, 0.15) is 0 Å². The van der Waals surface area contributed by atoms with Gasteiger partial charge in [-0.15, -0.1) is 0 Å². The van der Waals surface area contributed by atoms with Gasteiger partial charge in [0.15, 0.2) is 0 Å². The number of benzene rings is 1. The molecule has 2 heteroatoms. The molecule has 2 rings (SSSR count). The fraction of sp³-hybridized carbons (Fsp3) is 0.600. The molecule has 0 aliphatic heterocycles. The standard InChI is InChI=1S/C15H22O2/c1-11-5-6-12(2)13(9-11)14(16)10-15(17-3)7-4-8-15/h5-6,9,14,16H,4,7-8,10H2,1-3H3. The van der Waals surface area contributed by atoms with Gasteiger partial charge in [-0.1, -0.05) is 23.8 Å². The van der Waals surface area contributed by atoms with Crippen LogP contribution >= 0.6 is 0 Å². The second kappa shape index (κ2) is 4.79. The Hall–Kier alpha value is -0.860. The van der Waals surface area contributed by atoms with E-state index in [1.807, 2.05) is 0 Å². The van der Waals surface area contributed by atoms with Crippen LogP contribution in [0.4, 0.5) is 0 Å². The lowest BCUT2D eigenvalue weighted by Gasteiger charge is -2.42. The van der Waals surface area contributed by atoms with E-state index < -0.39 is 6.10 Å². The Morgan fingerprint density at radius 3 is 2.59 bits per heavy atom. The molecule has 0 spiro atoms. The molecule has 1 N–H and O–H groups in total. The third-order valence-corrected chi connectivity index (χ3v) is 4.06. The Morgan fingerprint density at radius 1 is 1.35 bits per heavy atom. The van der Waals surface area contributed by atoms with Crippen LogP contribution in [-0.2, 0) is 4.74 Å². The van der Waals surface area contributed by atoms with Crippen LogP contribution in [0.2, 0.25) is 0 Å². The molecule has 2 nitrogen and oxygen atoms in total. The molecule has 0 saturated heterocycles. The molecule has 17 heavy (non-hydrogen) atoms. The number of hydrogen-bond acceptors (Lipinski definition) is 2. The van der Waals surface area contributed by atoms with Gasteiger partial charge in [0, 0.05) is 13.5 Å². The van der Waals surface area contributed by atoms with Crippen LogP contribution in [0.3, 0.4) is 0 Å². The topological polar surface area (TPSA) is 29.5 Å². The van der Waals surface area contributed by atoms with Gasteiger partial charge in [-0.3, -0.25) is 0 Å². The summed E-state index contributed by atoms with van der Waals surface area (Å²) in [4.78, 5) is 0. The van der Waals surface area contributed by atoms with E-state index in [1.165, 1.54) is 12.0 Å². The molecule has 1 unspecified atom stereocenters. The first-order valence-corrected chi connectivity index (χ1v) is 6.37. The van der Waals surface area contributed by atoms with E-state index in [1.54, 1.807) is 7.11 Å². The molecule has 1 saturated carbocycles. The zero-order chi connectivity index (χ0) is 12.5. The first-order chi connectivity index (χ1) is 8.06. The fourth-order valence-electron chi connectivity index (χ4n) is 2.64. The molecule has 0 amide bonds. The number of rotatable bonds is 4. The summed E-state index contributed by atoms with van der Waals surface area (Å²) in [6, 6.07) is 6.25. The minimum absolute atomic E-state index is 0.0738. The second-order valence-electron chi connectivity index (χ2n) is 5.32. The van der Waals surface area contributed by atoms with Gasteiger partial charge in [0.25, 0.3) is 0 Å². The second-order valence-corrected chi connectivity index (χ2v) is 5.32. The number of ether oxygens (including phenoxy) is 1. The van der Waals surface area contributed by atoms with Crippen LogP contribution in [0.15, 0.2) is 18.2 Å². The van der Waals surface area contributed by atoms with Crippen molar-refractivity contribution in [3.63, 3.8) is 0 Å². The normalized spacial score (nSPS) is 19.8. The molecule has 0 aromatic heterocycles. The Labute approximate surface area is 104 Å². The van der Waals surface area contributed by atoms with E-state index in [9.17, 15) is 5.11 Å². The van der Waals surface area contributed by atoms with Gasteiger partial charge in [0.05, 0.1) is 11.7 Å². The molecule has 0 radical (unpaired) electrons. The SMILES string of the molecule is COC1(CC(O)c2cc(C)ccc2C)CCC1. The Kier molecular flexibility index (Phi) is 3.55. The van der Waals surface area contributed by atoms with Crippen molar-refractivity contribution in [2.75, 3.05) is 7.11 Å². The van der Waals surface area contributed by atoms with Gasteiger partial charge in [-0.2, -0.15) is 0 Å². The summed E-state index contributed by atoms with van der Waals surface area (Å²) in [6.45, 7) is 4.11. The van der Waals surface area contributed by atoms with E-state index in [-0.39, 0.29) is 5.60 Å². The van der Waals surface area contributed by atoms with Crippen molar-refractivity contribution in [3.8, 4) is 0 Å². The molecule has 1 aliphatic rings. The largest absolute Gasteiger partial charge is 0.388 e. The van der Waals surface area contributed by atoms with Crippen LogP contribution in [0.1, 0.15) is 48.5 Å². The average Bonchev–Trinajstić information content (AvgIpc) is 2.26. The number of aliphatic hydroxyl groups is 1. The summed E-state index contributed by atoms with van der Waals surface area (Å²) >= 11 is 0. The van der Waals surface area contributed by atoms with Crippen LogP contribution in [0, 0.1) is 13.8 Å². The lowest BCUT2D eigenvalue weighted by Crippen LogP contribution is -2.40. The van der Waals surface area contributed by atoms with E-state index in [0.717, 1.165) is 24.0 Å². The highest BCUT2D eigenvalue weighted by Crippen LogP contribution is 2.42. The number of hydrogen-bond donors (Lipinski definition) is 1. The average molecular weight is 234 g/mol. The maximum absolute atomic E-state index is 10.4. The zero-order valence-corrected chi connectivity index (χ0v) is 11.0. The van der Waals surface area contributed by atoms with Crippen molar-refractivity contribution < 1.29 is 9.84 Å². The van der Waals surface area contributed by atoms with Gasteiger partial charge in [-0.05, 0) is 44.2 Å². The summed E-state index contributed by atoms with van der Waals surface area (Å²) in [5.41, 5.74) is 3.34. The number of aryl methyl sites for hydroxylation is 2. The number of aliphatic hydroxyl groups excluding tert-OH is 1. The molecule has 1 aromatic rings. The molecule has 1 aliphatic carbocycles. The van der Waals surface area contributed by atoms with Crippen LogP contribution in [0.25, 0.3) is 0 Å². The molecule has 1 atom stereocenters. The Morgan fingerprint density at radius 2 is 2.06 bits per heavy atom. The highest BCUT2D eigenvalue weighted by atomic mass is 16.5. The maximum Gasteiger partial charge on any atom is 0.0820 e. The van der Waals surface area contributed by atoms with Crippen LogP contribution in [-0.4, -0.2) is 17.8 Å². The van der Waals surface area contributed by atoms with Gasteiger partial charge >= 0.3 is 0 Å². The van der Waals surface area contributed by atoms with Crippen molar-refractivity contribution in [1.82, 2.24) is 0 Å². The van der Waals surface area contributed by atoms with E-state index in [0.29, 0.717) is 6.42 Å². The lowest BCUT2D eigenvalue weighted by molar-refractivity contribution is -0.0999. The third-order valence-electron chi connectivity index (χ3n) is 4.06. The predicted molar refractivity (Wildman–Crippen MR) is 69.1 cm³/mol. The summed E-state index contributed by atoms with van der Waals surface area (Å²) < 4.78 is 5.58. The fourth-order valence-corrected chi connectivity index (χ4v) is 2.64. The molecule has 0 heterocycles. The van der Waals surface area contributed by atoms with Gasteiger partial charge < -0.3 is 9.84 Å². The summed E-state index contributed by atoms with van der Waals surface area (Å²) in [7, 11) is 1.76. The zero-order valence-electron chi connectivity index (χ0n) is 11.0. The first kappa shape index (κ1) is 12.6. The highest BCUT2D eigenvalue weighted by Gasteiger charge is 2.39. The quantitative estimate of drug-likeness (QED) is 0.866. The lowest BCUT2D eigenvalue weighted by atomic mass is 9.75. The molecular formula is C15H22O2. The van der Waals surface area contributed by atoms with Gasteiger partial charge in [0.2, 0.25) is 0 Å². The first-order valence-electron chi connectivity index (χ1n) is 6.37. The molecule has 1 fully saturated rings. The highest BCUT2D eigenvalue weighted by molar-refractivity contribution is 5.32.